The van der Waals surface area contributed by atoms with Crippen molar-refractivity contribution < 1.29 is 9.53 Å². The maximum atomic E-state index is 10.7. The Bertz CT molecular complexity index is 190. The van der Waals surface area contributed by atoms with Gasteiger partial charge in [-0.1, -0.05) is 0 Å². The average Bonchev–Trinajstić information content (AvgIpc) is 2.30. The maximum Gasteiger partial charge on any atom is 0.124 e. The molecule has 3 heteroatoms. The van der Waals surface area contributed by atoms with Crippen molar-refractivity contribution in [3.05, 3.63) is 0 Å². The number of rotatable bonds is 2. The van der Waals surface area contributed by atoms with E-state index in [0.717, 1.165) is 45.3 Å². The molecule has 80 valence electrons. The van der Waals surface area contributed by atoms with Crippen molar-refractivity contribution in [3.63, 3.8) is 0 Å². The van der Waals surface area contributed by atoms with Crippen LogP contribution in [0.5, 0.6) is 0 Å². The highest BCUT2D eigenvalue weighted by atomic mass is 16.5. The number of hydrogen-bond donors (Lipinski definition) is 0. The third kappa shape index (κ3) is 2.34. The lowest BCUT2D eigenvalue weighted by Gasteiger charge is -2.38. The topological polar surface area (TPSA) is 29.5 Å². The number of nitrogens with zero attached hydrogens (tertiary/aromatic N) is 1. The molecule has 2 saturated heterocycles. The molecule has 0 aromatic heterocycles. The molecule has 0 radical (unpaired) electrons. The van der Waals surface area contributed by atoms with Crippen molar-refractivity contribution >= 4 is 6.29 Å². The molecule has 0 bridgehead atoms. The number of piperidine rings is 1. The van der Waals surface area contributed by atoms with Crippen molar-refractivity contribution in [2.75, 3.05) is 26.3 Å². The molecule has 1 unspecified atom stereocenters. The van der Waals surface area contributed by atoms with Crippen LogP contribution in [0.3, 0.4) is 0 Å². The number of ether oxygens (including phenoxy) is 1. The molecule has 0 amide bonds. The Hall–Kier alpha value is -0.410. The molecule has 3 nitrogen and oxygen atoms in total. The summed E-state index contributed by atoms with van der Waals surface area (Å²) in [6.07, 6.45) is 5.69. The SMILES string of the molecule is O=CC1CCCN(C2CCOCC2)C1. The Balaban J connectivity index is 1.86. The van der Waals surface area contributed by atoms with Crippen LogP contribution in [0.15, 0.2) is 0 Å². The van der Waals surface area contributed by atoms with Crippen molar-refractivity contribution in [1.82, 2.24) is 4.90 Å². The second-order valence-corrected chi connectivity index (χ2v) is 4.38. The third-order valence-corrected chi connectivity index (χ3v) is 3.39. The zero-order valence-corrected chi connectivity index (χ0v) is 8.65. The molecule has 2 rings (SSSR count). The molecular formula is C11H19NO2. The van der Waals surface area contributed by atoms with Gasteiger partial charge in [0.2, 0.25) is 0 Å². The molecule has 0 aliphatic carbocycles. The Labute approximate surface area is 85.4 Å². The van der Waals surface area contributed by atoms with Gasteiger partial charge in [-0.3, -0.25) is 4.90 Å². The van der Waals surface area contributed by atoms with Gasteiger partial charge in [0, 0.05) is 31.7 Å². The average molecular weight is 197 g/mol. The number of carbonyl (C=O) groups excluding carboxylic acids is 1. The van der Waals surface area contributed by atoms with Gasteiger partial charge in [0.25, 0.3) is 0 Å². The van der Waals surface area contributed by atoms with Crippen molar-refractivity contribution in [2.45, 2.75) is 31.7 Å². The van der Waals surface area contributed by atoms with Gasteiger partial charge in [0.15, 0.2) is 0 Å². The Morgan fingerprint density at radius 3 is 2.71 bits per heavy atom. The summed E-state index contributed by atoms with van der Waals surface area (Å²) in [5, 5.41) is 0. The number of carbonyl (C=O) groups is 1. The minimum absolute atomic E-state index is 0.284. The predicted octanol–water partition coefficient (Wildman–Crippen LogP) is 1.08. The van der Waals surface area contributed by atoms with Gasteiger partial charge < -0.3 is 9.53 Å². The van der Waals surface area contributed by atoms with Crippen LogP contribution in [0.4, 0.5) is 0 Å². The Morgan fingerprint density at radius 2 is 2.00 bits per heavy atom. The summed E-state index contributed by atoms with van der Waals surface area (Å²) >= 11 is 0. The fourth-order valence-corrected chi connectivity index (χ4v) is 2.53. The zero-order chi connectivity index (χ0) is 9.80. The molecule has 14 heavy (non-hydrogen) atoms. The van der Waals surface area contributed by atoms with Gasteiger partial charge in [0.05, 0.1) is 0 Å². The van der Waals surface area contributed by atoms with E-state index in [4.69, 9.17) is 4.74 Å². The van der Waals surface area contributed by atoms with E-state index in [0.29, 0.717) is 6.04 Å². The van der Waals surface area contributed by atoms with Crippen LogP contribution in [0.1, 0.15) is 25.7 Å². The molecule has 2 heterocycles. The first kappa shape index (κ1) is 10.1. The van der Waals surface area contributed by atoms with Crippen molar-refractivity contribution in [2.24, 2.45) is 5.92 Å². The summed E-state index contributed by atoms with van der Waals surface area (Å²) in [6, 6.07) is 0.673. The van der Waals surface area contributed by atoms with E-state index < -0.39 is 0 Å². The van der Waals surface area contributed by atoms with Crippen molar-refractivity contribution in [1.29, 1.82) is 0 Å². The summed E-state index contributed by atoms with van der Waals surface area (Å²) in [7, 11) is 0. The normalized spacial score (nSPS) is 31.6. The second kappa shape index (κ2) is 4.89. The molecular weight excluding hydrogens is 178 g/mol. The number of hydrogen-bond acceptors (Lipinski definition) is 3. The summed E-state index contributed by atoms with van der Waals surface area (Å²) < 4.78 is 5.35. The van der Waals surface area contributed by atoms with Gasteiger partial charge in [-0.25, -0.2) is 0 Å². The quantitative estimate of drug-likeness (QED) is 0.620. The monoisotopic (exact) mass is 197 g/mol. The van der Waals surface area contributed by atoms with Crippen LogP contribution in [-0.2, 0) is 9.53 Å². The van der Waals surface area contributed by atoms with E-state index in [1.165, 1.54) is 13.0 Å². The predicted molar refractivity (Wildman–Crippen MR) is 54.2 cm³/mol. The van der Waals surface area contributed by atoms with Gasteiger partial charge in [0.1, 0.15) is 6.29 Å². The van der Waals surface area contributed by atoms with E-state index in [-0.39, 0.29) is 5.92 Å². The first-order valence-electron chi connectivity index (χ1n) is 5.67. The van der Waals surface area contributed by atoms with Gasteiger partial charge in [-0.15, -0.1) is 0 Å². The summed E-state index contributed by atoms with van der Waals surface area (Å²) in [4.78, 5) is 13.2. The molecule has 0 N–H and O–H groups in total. The molecule has 2 aliphatic rings. The Morgan fingerprint density at radius 1 is 1.21 bits per heavy atom. The summed E-state index contributed by atoms with van der Waals surface area (Å²) in [5.74, 6) is 0.284. The number of likely N-dealkylation sites (tertiary alicyclic amines) is 1. The molecule has 0 saturated carbocycles. The van der Waals surface area contributed by atoms with Gasteiger partial charge in [-0.2, -0.15) is 0 Å². The van der Waals surface area contributed by atoms with Crippen LogP contribution in [-0.4, -0.2) is 43.5 Å². The lowest BCUT2D eigenvalue weighted by molar-refractivity contribution is -0.113. The highest BCUT2D eigenvalue weighted by Crippen LogP contribution is 2.21. The molecule has 2 fully saturated rings. The summed E-state index contributed by atoms with van der Waals surface area (Å²) in [6.45, 7) is 3.95. The first-order valence-corrected chi connectivity index (χ1v) is 5.67. The van der Waals surface area contributed by atoms with Crippen molar-refractivity contribution in [3.8, 4) is 0 Å². The lowest BCUT2D eigenvalue weighted by Crippen LogP contribution is -2.45. The fourth-order valence-electron chi connectivity index (χ4n) is 2.53. The fraction of sp³-hybridized carbons (Fsp3) is 0.909. The zero-order valence-electron chi connectivity index (χ0n) is 8.65. The van der Waals surface area contributed by atoms with E-state index >= 15 is 0 Å². The van der Waals surface area contributed by atoms with E-state index in [1.54, 1.807) is 0 Å². The lowest BCUT2D eigenvalue weighted by atomic mass is 9.96. The smallest absolute Gasteiger partial charge is 0.124 e. The molecule has 0 aromatic rings. The van der Waals surface area contributed by atoms with Crippen LogP contribution >= 0.6 is 0 Å². The highest BCUT2D eigenvalue weighted by Gasteiger charge is 2.26. The Kier molecular flexibility index (Phi) is 3.54. The minimum Gasteiger partial charge on any atom is -0.381 e. The maximum absolute atomic E-state index is 10.7. The second-order valence-electron chi connectivity index (χ2n) is 4.38. The van der Waals surface area contributed by atoms with Crippen LogP contribution in [0, 0.1) is 5.92 Å². The molecule has 2 aliphatic heterocycles. The minimum atomic E-state index is 0.284. The molecule has 1 atom stereocenters. The van der Waals surface area contributed by atoms with Crippen LogP contribution < -0.4 is 0 Å². The molecule has 0 aromatic carbocycles. The third-order valence-electron chi connectivity index (χ3n) is 3.39. The van der Waals surface area contributed by atoms with E-state index in [9.17, 15) is 4.79 Å². The van der Waals surface area contributed by atoms with E-state index in [1.807, 2.05) is 0 Å². The summed E-state index contributed by atoms with van der Waals surface area (Å²) in [5.41, 5.74) is 0. The van der Waals surface area contributed by atoms with Crippen LogP contribution in [0.25, 0.3) is 0 Å². The highest BCUT2D eigenvalue weighted by molar-refractivity contribution is 5.53. The standard InChI is InChI=1S/C11H19NO2/c13-9-10-2-1-5-12(8-10)11-3-6-14-7-4-11/h9-11H,1-8H2. The number of aldehydes is 1. The van der Waals surface area contributed by atoms with Gasteiger partial charge >= 0.3 is 0 Å². The largest absolute Gasteiger partial charge is 0.381 e. The first-order chi connectivity index (χ1) is 6.90. The van der Waals surface area contributed by atoms with Gasteiger partial charge in [-0.05, 0) is 32.2 Å². The molecule has 0 spiro atoms. The van der Waals surface area contributed by atoms with E-state index in [2.05, 4.69) is 4.90 Å². The van der Waals surface area contributed by atoms with Crippen LogP contribution in [0.2, 0.25) is 0 Å².